The number of cyclic esters (lactones) is 1. The van der Waals surface area contributed by atoms with Crippen molar-refractivity contribution in [2.75, 3.05) is 13.2 Å². The zero-order valence-electron chi connectivity index (χ0n) is 10.3. The maximum absolute atomic E-state index is 11.5. The zero-order valence-corrected chi connectivity index (χ0v) is 11.0. The molecule has 0 aromatic rings. The lowest BCUT2D eigenvalue weighted by Gasteiger charge is -2.11. The molecule has 2 atom stereocenters. The third kappa shape index (κ3) is 5.50. The average molecular weight is 263 g/mol. The second-order valence-corrected chi connectivity index (χ2v) is 5.24. The molecule has 0 aromatic heterocycles. The summed E-state index contributed by atoms with van der Waals surface area (Å²) >= 11 is 5.24. The van der Waals surface area contributed by atoms with Gasteiger partial charge in [0.1, 0.15) is 6.10 Å². The minimum Gasteiger partial charge on any atom is -0.460 e. The van der Waals surface area contributed by atoms with Crippen molar-refractivity contribution in [1.82, 2.24) is 0 Å². The molecule has 1 saturated heterocycles. The van der Waals surface area contributed by atoms with Crippen LogP contribution in [-0.2, 0) is 19.1 Å². The predicted molar refractivity (Wildman–Crippen MR) is 63.7 cm³/mol. The smallest absolute Gasteiger partial charge is 0.309 e. The minimum atomic E-state index is -0.405. The third-order valence-corrected chi connectivity index (χ3v) is 2.80. The quantitative estimate of drug-likeness (QED) is 0.521. The Labute approximate surface area is 107 Å². The maximum atomic E-state index is 11.5. The van der Waals surface area contributed by atoms with Crippen molar-refractivity contribution < 1.29 is 19.1 Å². The Bertz CT molecular complexity index is 278. The summed E-state index contributed by atoms with van der Waals surface area (Å²) in [6.07, 6.45) is 1.15. The van der Waals surface area contributed by atoms with E-state index in [1.165, 1.54) is 0 Å². The van der Waals surface area contributed by atoms with Crippen molar-refractivity contribution >= 4 is 22.8 Å². The van der Waals surface area contributed by atoms with E-state index >= 15 is 0 Å². The minimum absolute atomic E-state index is 0.170. The van der Waals surface area contributed by atoms with Crippen molar-refractivity contribution in [1.29, 1.82) is 0 Å². The number of hydrogen-bond donors (Lipinski definition) is 0. The largest absolute Gasteiger partial charge is 0.460 e. The molecule has 0 aliphatic carbocycles. The molecule has 0 bridgehead atoms. The topological polar surface area (TPSA) is 52.6 Å². The van der Waals surface area contributed by atoms with E-state index in [2.05, 4.69) is 13.8 Å². The lowest BCUT2D eigenvalue weighted by Crippen LogP contribution is -2.17. The summed E-state index contributed by atoms with van der Waals surface area (Å²) in [5, 5.41) is -0.405. The number of halogens is 1. The van der Waals surface area contributed by atoms with Gasteiger partial charge in [0.2, 0.25) is 5.24 Å². The monoisotopic (exact) mass is 262 g/mol. The Balaban J connectivity index is 2.23. The van der Waals surface area contributed by atoms with Gasteiger partial charge in [0.15, 0.2) is 0 Å². The summed E-state index contributed by atoms with van der Waals surface area (Å²) in [6.45, 7) is 5.24. The van der Waals surface area contributed by atoms with Gasteiger partial charge in [-0.3, -0.25) is 9.59 Å². The second kappa shape index (κ2) is 6.97. The summed E-state index contributed by atoms with van der Waals surface area (Å²) in [7, 11) is 0. The maximum Gasteiger partial charge on any atom is 0.309 e. The first-order valence-electron chi connectivity index (χ1n) is 5.95. The van der Waals surface area contributed by atoms with Crippen LogP contribution in [-0.4, -0.2) is 30.5 Å². The van der Waals surface area contributed by atoms with Crippen molar-refractivity contribution in [2.24, 2.45) is 11.8 Å². The zero-order chi connectivity index (χ0) is 12.8. The fourth-order valence-corrected chi connectivity index (χ4v) is 1.89. The van der Waals surface area contributed by atoms with E-state index in [-0.39, 0.29) is 24.4 Å². The van der Waals surface area contributed by atoms with Gasteiger partial charge in [-0.1, -0.05) is 13.8 Å². The van der Waals surface area contributed by atoms with Gasteiger partial charge < -0.3 is 9.47 Å². The van der Waals surface area contributed by atoms with Gasteiger partial charge in [0.05, 0.1) is 12.5 Å². The predicted octanol–water partition coefficient (Wildman–Crippen LogP) is 2.14. The number of rotatable bonds is 7. The van der Waals surface area contributed by atoms with Crippen molar-refractivity contribution in [3.63, 3.8) is 0 Å². The molecule has 0 spiro atoms. The van der Waals surface area contributed by atoms with Gasteiger partial charge in [0.25, 0.3) is 0 Å². The molecule has 0 aromatic carbocycles. The SMILES string of the molecule is CC(C)COCC1CC(CCC(=O)Cl)C(=O)O1. The molecule has 0 saturated carbocycles. The van der Waals surface area contributed by atoms with Crippen LogP contribution in [0, 0.1) is 11.8 Å². The molecule has 0 radical (unpaired) electrons. The Kier molecular flexibility index (Phi) is 5.92. The Morgan fingerprint density at radius 1 is 1.59 bits per heavy atom. The van der Waals surface area contributed by atoms with Gasteiger partial charge in [-0.2, -0.15) is 0 Å². The van der Waals surface area contributed by atoms with Crippen molar-refractivity contribution in [3.8, 4) is 0 Å². The molecule has 1 aliphatic heterocycles. The Hall–Kier alpha value is -0.610. The molecule has 1 fully saturated rings. The molecule has 1 heterocycles. The van der Waals surface area contributed by atoms with Crippen LogP contribution in [0.3, 0.4) is 0 Å². The van der Waals surface area contributed by atoms with Crippen molar-refractivity contribution in [2.45, 2.75) is 39.2 Å². The van der Waals surface area contributed by atoms with Crippen LogP contribution in [0.25, 0.3) is 0 Å². The van der Waals surface area contributed by atoms with E-state index in [0.29, 0.717) is 32.0 Å². The standard InChI is InChI=1S/C12H19ClO4/c1-8(2)6-16-7-10-5-9(12(15)17-10)3-4-11(13)14/h8-10H,3-7H2,1-2H3. The van der Waals surface area contributed by atoms with Gasteiger partial charge >= 0.3 is 5.97 Å². The number of esters is 1. The van der Waals surface area contributed by atoms with E-state index in [4.69, 9.17) is 21.1 Å². The Morgan fingerprint density at radius 2 is 2.29 bits per heavy atom. The summed E-state index contributed by atoms with van der Waals surface area (Å²) in [5.74, 6) is 0.0307. The van der Waals surface area contributed by atoms with Crippen LogP contribution in [0.15, 0.2) is 0 Å². The number of hydrogen-bond acceptors (Lipinski definition) is 4. The molecule has 1 rings (SSSR count). The van der Waals surface area contributed by atoms with Gasteiger partial charge in [0, 0.05) is 13.0 Å². The molecule has 0 N–H and O–H groups in total. The molecule has 0 amide bonds. The fourth-order valence-electron chi connectivity index (χ4n) is 1.78. The summed E-state index contributed by atoms with van der Waals surface area (Å²) < 4.78 is 10.6. The number of ether oxygens (including phenoxy) is 2. The summed E-state index contributed by atoms with van der Waals surface area (Å²) in [5.41, 5.74) is 0. The first-order valence-corrected chi connectivity index (χ1v) is 6.33. The average Bonchev–Trinajstić information content (AvgIpc) is 2.55. The van der Waals surface area contributed by atoms with Crippen LogP contribution in [0.4, 0.5) is 0 Å². The van der Waals surface area contributed by atoms with E-state index in [0.717, 1.165) is 0 Å². The van der Waals surface area contributed by atoms with E-state index < -0.39 is 5.24 Å². The van der Waals surface area contributed by atoms with Crippen LogP contribution < -0.4 is 0 Å². The van der Waals surface area contributed by atoms with Gasteiger partial charge in [-0.25, -0.2) is 0 Å². The van der Waals surface area contributed by atoms with Crippen LogP contribution >= 0.6 is 11.6 Å². The van der Waals surface area contributed by atoms with Crippen LogP contribution in [0.2, 0.25) is 0 Å². The van der Waals surface area contributed by atoms with E-state index in [1.807, 2.05) is 0 Å². The number of carbonyl (C=O) groups excluding carboxylic acids is 2. The molecule has 17 heavy (non-hydrogen) atoms. The molecule has 5 heteroatoms. The van der Waals surface area contributed by atoms with Gasteiger partial charge in [-0.15, -0.1) is 0 Å². The molecule has 2 unspecified atom stereocenters. The molecule has 1 aliphatic rings. The summed E-state index contributed by atoms with van der Waals surface area (Å²) in [6, 6.07) is 0. The highest BCUT2D eigenvalue weighted by atomic mass is 35.5. The summed E-state index contributed by atoms with van der Waals surface area (Å²) in [4.78, 5) is 22.1. The highest BCUT2D eigenvalue weighted by Crippen LogP contribution is 2.25. The van der Waals surface area contributed by atoms with Crippen LogP contribution in [0.1, 0.15) is 33.1 Å². The second-order valence-electron chi connectivity index (χ2n) is 4.82. The van der Waals surface area contributed by atoms with Crippen molar-refractivity contribution in [3.05, 3.63) is 0 Å². The first-order chi connectivity index (χ1) is 7.99. The normalized spacial score (nSPS) is 24.1. The molecule has 98 valence electrons. The first kappa shape index (κ1) is 14.5. The van der Waals surface area contributed by atoms with E-state index in [9.17, 15) is 9.59 Å². The molecular weight excluding hydrogens is 244 g/mol. The highest BCUT2D eigenvalue weighted by Gasteiger charge is 2.34. The lowest BCUT2D eigenvalue weighted by molar-refractivity contribution is -0.146. The highest BCUT2D eigenvalue weighted by molar-refractivity contribution is 6.63. The molecule has 4 nitrogen and oxygen atoms in total. The fraction of sp³-hybridized carbons (Fsp3) is 0.833. The van der Waals surface area contributed by atoms with Crippen LogP contribution in [0.5, 0.6) is 0 Å². The third-order valence-electron chi connectivity index (χ3n) is 2.61. The van der Waals surface area contributed by atoms with E-state index in [1.54, 1.807) is 0 Å². The Morgan fingerprint density at radius 3 is 2.88 bits per heavy atom. The lowest BCUT2D eigenvalue weighted by atomic mass is 10.00. The molecular formula is C12H19ClO4. The van der Waals surface area contributed by atoms with Gasteiger partial charge in [-0.05, 0) is 30.4 Å². The number of carbonyl (C=O) groups is 2.